The van der Waals surface area contributed by atoms with Crippen molar-refractivity contribution in [3.05, 3.63) is 53.1 Å². The molecule has 1 aliphatic carbocycles. The van der Waals surface area contributed by atoms with Gasteiger partial charge in [0.05, 0.1) is 9.92 Å². The van der Waals surface area contributed by atoms with Crippen LogP contribution in [0.4, 0.5) is 11.4 Å². The van der Waals surface area contributed by atoms with Gasteiger partial charge in [0.25, 0.3) is 5.91 Å². The Morgan fingerprint density at radius 3 is 2.12 bits per heavy atom. The van der Waals surface area contributed by atoms with Crippen LogP contribution in [0.1, 0.15) is 23.2 Å². The molecule has 0 aliphatic heterocycles. The molecule has 1 fully saturated rings. The van der Waals surface area contributed by atoms with E-state index in [1.54, 1.807) is 24.3 Å². The smallest absolute Gasteiger partial charge is 0.255 e. The van der Waals surface area contributed by atoms with Crippen molar-refractivity contribution in [2.24, 2.45) is 5.92 Å². The van der Waals surface area contributed by atoms with Gasteiger partial charge in [-0.25, -0.2) is 8.42 Å². The zero-order valence-corrected chi connectivity index (χ0v) is 15.5. The molecule has 0 radical (unpaired) electrons. The predicted octanol–water partition coefficient (Wildman–Crippen LogP) is 3.34. The number of rotatable bonds is 5. The lowest BCUT2D eigenvalue weighted by atomic mass is 10.2. The van der Waals surface area contributed by atoms with Crippen LogP contribution in [0.15, 0.2) is 47.4 Å². The molecular formula is C18H17ClN2O4S. The monoisotopic (exact) mass is 392 g/mol. The summed E-state index contributed by atoms with van der Waals surface area (Å²) in [5.41, 5.74) is 1.36. The van der Waals surface area contributed by atoms with E-state index in [-0.39, 0.29) is 27.3 Å². The number of benzene rings is 2. The molecule has 26 heavy (non-hydrogen) atoms. The van der Waals surface area contributed by atoms with Crippen molar-refractivity contribution in [3.8, 4) is 0 Å². The molecule has 3 rings (SSSR count). The Morgan fingerprint density at radius 2 is 1.58 bits per heavy atom. The lowest BCUT2D eigenvalue weighted by Crippen LogP contribution is -2.14. The molecule has 0 saturated heterocycles. The van der Waals surface area contributed by atoms with Crippen LogP contribution in [0, 0.1) is 5.92 Å². The number of anilines is 2. The minimum Gasteiger partial charge on any atom is -0.326 e. The fourth-order valence-electron chi connectivity index (χ4n) is 2.36. The van der Waals surface area contributed by atoms with Crippen LogP contribution in [0.2, 0.25) is 5.02 Å². The summed E-state index contributed by atoms with van der Waals surface area (Å²) in [6.07, 6.45) is 2.89. The van der Waals surface area contributed by atoms with Gasteiger partial charge in [0.2, 0.25) is 5.91 Å². The van der Waals surface area contributed by atoms with Gasteiger partial charge in [-0.1, -0.05) is 11.6 Å². The van der Waals surface area contributed by atoms with Crippen LogP contribution in [-0.4, -0.2) is 26.5 Å². The molecule has 1 saturated carbocycles. The van der Waals surface area contributed by atoms with Gasteiger partial charge in [0.1, 0.15) is 0 Å². The quantitative estimate of drug-likeness (QED) is 0.816. The maximum absolute atomic E-state index is 12.3. The van der Waals surface area contributed by atoms with Crippen LogP contribution in [0.25, 0.3) is 0 Å². The van der Waals surface area contributed by atoms with Crippen LogP contribution in [0.5, 0.6) is 0 Å². The Labute approximate surface area is 156 Å². The summed E-state index contributed by atoms with van der Waals surface area (Å²) in [7, 11) is -3.53. The molecule has 0 bridgehead atoms. The summed E-state index contributed by atoms with van der Waals surface area (Å²) in [6, 6.07) is 10.8. The second-order valence-electron chi connectivity index (χ2n) is 6.21. The van der Waals surface area contributed by atoms with Crippen molar-refractivity contribution in [2.45, 2.75) is 17.7 Å². The highest BCUT2D eigenvalue weighted by molar-refractivity contribution is 7.90. The lowest BCUT2D eigenvalue weighted by molar-refractivity contribution is -0.117. The summed E-state index contributed by atoms with van der Waals surface area (Å²) < 4.78 is 23.4. The molecule has 0 heterocycles. The molecule has 2 aromatic carbocycles. The number of halogens is 1. The summed E-state index contributed by atoms with van der Waals surface area (Å²) in [4.78, 5) is 24.0. The Bertz CT molecular complexity index is 967. The minimum absolute atomic E-state index is 0.0104. The molecule has 0 spiro atoms. The third-order valence-corrected chi connectivity index (χ3v) is 5.53. The Kier molecular flexibility index (Phi) is 5.02. The van der Waals surface area contributed by atoms with Crippen molar-refractivity contribution < 1.29 is 18.0 Å². The van der Waals surface area contributed by atoms with Gasteiger partial charge >= 0.3 is 0 Å². The van der Waals surface area contributed by atoms with Crippen LogP contribution in [-0.2, 0) is 14.6 Å². The molecule has 136 valence electrons. The van der Waals surface area contributed by atoms with Crippen molar-refractivity contribution in [2.75, 3.05) is 16.9 Å². The number of hydrogen-bond acceptors (Lipinski definition) is 4. The van der Waals surface area contributed by atoms with E-state index in [1.165, 1.54) is 18.2 Å². The predicted molar refractivity (Wildman–Crippen MR) is 100 cm³/mol. The third-order valence-electron chi connectivity index (χ3n) is 3.95. The van der Waals surface area contributed by atoms with Gasteiger partial charge in [-0.2, -0.15) is 0 Å². The van der Waals surface area contributed by atoms with Crippen molar-refractivity contribution in [1.29, 1.82) is 0 Å². The summed E-state index contributed by atoms with van der Waals surface area (Å²) in [5, 5.41) is 5.57. The van der Waals surface area contributed by atoms with Crippen molar-refractivity contribution in [3.63, 3.8) is 0 Å². The number of carbonyl (C=O) groups excluding carboxylic acids is 2. The average molecular weight is 393 g/mol. The Balaban J connectivity index is 1.70. The maximum atomic E-state index is 12.3. The van der Waals surface area contributed by atoms with Crippen LogP contribution >= 0.6 is 11.6 Å². The van der Waals surface area contributed by atoms with Gasteiger partial charge in [-0.15, -0.1) is 0 Å². The highest BCUT2D eigenvalue weighted by Gasteiger charge is 2.29. The van der Waals surface area contributed by atoms with E-state index in [4.69, 9.17) is 11.6 Å². The number of hydrogen-bond donors (Lipinski definition) is 2. The Hall–Kier alpha value is -2.38. The molecule has 8 heteroatoms. The van der Waals surface area contributed by atoms with Gasteiger partial charge in [-0.05, 0) is 55.3 Å². The fourth-order valence-corrected chi connectivity index (χ4v) is 3.66. The van der Waals surface area contributed by atoms with E-state index >= 15 is 0 Å². The first-order valence-electron chi connectivity index (χ1n) is 7.96. The minimum atomic E-state index is -3.53. The van der Waals surface area contributed by atoms with E-state index in [9.17, 15) is 18.0 Å². The molecule has 6 nitrogen and oxygen atoms in total. The van der Waals surface area contributed by atoms with E-state index < -0.39 is 15.7 Å². The van der Waals surface area contributed by atoms with E-state index in [0.29, 0.717) is 11.4 Å². The van der Waals surface area contributed by atoms with Crippen LogP contribution in [0.3, 0.4) is 0 Å². The molecule has 1 aliphatic rings. The SMILES string of the molecule is CS(=O)(=O)c1cc(C(=O)Nc2ccc(NC(=O)C3CC3)cc2)ccc1Cl. The molecule has 2 amide bonds. The molecule has 2 N–H and O–H groups in total. The number of nitrogens with one attached hydrogen (secondary N) is 2. The highest BCUT2D eigenvalue weighted by atomic mass is 35.5. The van der Waals surface area contributed by atoms with E-state index in [2.05, 4.69) is 10.6 Å². The second kappa shape index (κ2) is 7.09. The molecule has 0 aromatic heterocycles. The molecular weight excluding hydrogens is 376 g/mol. The topological polar surface area (TPSA) is 92.3 Å². The summed E-state index contributed by atoms with van der Waals surface area (Å²) >= 11 is 5.89. The number of carbonyl (C=O) groups is 2. The third kappa shape index (κ3) is 4.42. The summed E-state index contributed by atoms with van der Waals surface area (Å²) in [6.45, 7) is 0. The van der Waals surface area contributed by atoms with Gasteiger partial charge < -0.3 is 10.6 Å². The first kappa shape index (κ1) is 18.4. The molecule has 2 aromatic rings. The maximum Gasteiger partial charge on any atom is 0.255 e. The lowest BCUT2D eigenvalue weighted by Gasteiger charge is -2.09. The molecule has 0 atom stereocenters. The number of amides is 2. The largest absolute Gasteiger partial charge is 0.326 e. The first-order valence-corrected chi connectivity index (χ1v) is 10.2. The highest BCUT2D eigenvalue weighted by Crippen LogP contribution is 2.30. The van der Waals surface area contributed by atoms with Crippen molar-refractivity contribution >= 4 is 44.6 Å². The fraction of sp³-hybridized carbons (Fsp3) is 0.222. The average Bonchev–Trinajstić information content (AvgIpc) is 3.41. The summed E-state index contributed by atoms with van der Waals surface area (Å²) in [5.74, 6) is -0.332. The first-order chi connectivity index (χ1) is 12.2. The normalized spacial score (nSPS) is 13.9. The van der Waals surface area contributed by atoms with Crippen molar-refractivity contribution in [1.82, 2.24) is 0 Å². The number of sulfone groups is 1. The van der Waals surface area contributed by atoms with E-state index in [1.807, 2.05) is 0 Å². The Morgan fingerprint density at radius 1 is 1.00 bits per heavy atom. The van der Waals surface area contributed by atoms with Gasteiger partial charge in [-0.3, -0.25) is 9.59 Å². The standard InChI is InChI=1S/C18H17ClN2O4S/c1-26(24,25)16-10-12(4-9-15(16)19)18(23)21-14-7-5-13(6-8-14)20-17(22)11-2-3-11/h4-11H,2-3H2,1H3,(H,20,22)(H,21,23). The van der Waals surface area contributed by atoms with E-state index in [0.717, 1.165) is 19.1 Å². The zero-order valence-electron chi connectivity index (χ0n) is 14.0. The second-order valence-corrected chi connectivity index (χ2v) is 8.60. The molecule has 0 unspecified atom stereocenters. The van der Waals surface area contributed by atoms with Gasteiger partial charge in [0.15, 0.2) is 9.84 Å². The van der Waals surface area contributed by atoms with Crippen LogP contribution < -0.4 is 10.6 Å². The van der Waals surface area contributed by atoms with Gasteiger partial charge in [0, 0.05) is 29.1 Å². The zero-order chi connectivity index (χ0) is 18.9.